The number of nitro benzene ring substituents is 1. The zero-order valence-electron chi connectivity index (χ0n) is 14.2. The molecule has 1 heterocycles. The van der Waals surface area contributed by atoms with Crippen LogP contribution in [0.5, 0.6) is 0 Å². The van der Waals surface area contributed by atoms with Gasteiger partial charge >= 0.3 is 0 Å². The average molecular weight is 333 g/mol. The van der Waals surface area contributed by atoms with Crippen molar-refractivity contribution in [2.45, 2.75) is 44.2 Å². The van der Waals surface area contributed by atoms with Crippen molar-refractivity contribution in [2.24, 2.45) is 0 Å². The second-order valence-corrected chi connectivity index (χ2v) is 6.91. The molecule has 1 aliphatic heterocycles. The molecule has 1 aromatic carbocycles. The Kier molecular flexibility index (Phi) is 5.81. The highest BCUT2D eigenvalue weighted by Gasteiger charge is 2.38. The number of ether oxygens (including phenoxy) is 1. The van der Waals surface area contributed by atoms with Gasteiger partial charge in [-0.15, -0.1) is 0 Å². The lowest BCUT2D eigenvalue weighted by molar-refractivity contribution is -0.384. The normalized spacial score (nSPS) is 21.5. The molecule has 1 N–H and O–H groups in total. The van der Waals surface area contributed by atoms with E-state index in [1.54, 1.807) is 18.2 Å². The Bertz CT molecular complexity index is 552. The average Bonchev–Trinajstić information content (AvgIpc) is 2.63. The van der Waals surface area contributed by atoms with Gasteiger partial charge in [-0.05, 0) is 18.4 Å². The van der Waals surface area contributed by atoms with Gasteiger partial charge in [0.15, 0.2) is 0 Å². The van der Waals surface area contributed by atoms with Crippen LogP contribution in [0.1, 0.15) is 37.7 Å². The molecule has 1 saturated heterocycles. The van der Waals surface area contributed by atoms with Crippen LogP contribution in [0.25, 0.3) is 0 Å². The molecule has 1 saturated carbocycles. The molecule has 2 aliphatic rings. The molecule has 6 nitrogen and oxygen atoms in total. The Hall–Kier alpha value is -1.50. The summed E-state index contributed by atoms with van der Waals surface area (Å²) in [6, 6.07) is 6.91. The Morgan fingerprint density at radius 1 is 1.21 bits per heavy atom. The number of hydrogen-bond donors (Lipinski definition) is 1. The molecule has 3 rings (SSSR count). The fraction of sp³-hybridized carbons (Fsp3) is 0.667. The number of hydrogen-bond acceptors (Lipinski definition) is 5. The highest BCUT2D eigenvalue weighted by molar-refractivity contribution is 5.34. The van der Waals surface area contributed by atoms with Crippen molar-refractivity contribution in [3.8, 4) is 0 Å². The smallest absolute Gasteiger partial charge is 0.269 e. The summed E-state index contributed by atoms with van der Waals surface area (Å²) in [5.41, 5.74) is 1.36. The molecule has 0 atom stereocenters. The highest BCUT2D eigenvalue weighted by atomic mass is 16.6. The lowest BCUT2D eigenvalue weighted by Crippen LogP contribution is -2.59. The zero-order chi connectivity index (χ0) is 16.8. The van der Waals surface area contributed by atoms with Crippen molar-refractivity contribution in [1.29, 1.82) is 0 Å². The summed E-state index contributed by atoms with van der Waals surface area (Å²) in [4.78, 5) is 13.2. The molecule has 1 aromatic rings. The highest BCUT2D eigenvalue weighted by Crippen LogP contribution is 2.34. The first-order valence-corrected chi connectivity index (χ1v) is 8.96. The summed E-state index contributed by atoms with van der Waals surface area (Å²) < 4.78 is 5.52. The largest absolute Gasteiger partial charge is 0.379 e. The van der Waals surface area contributed by atoms with Crippen LogP contribution < -0.4 is 5.32 Å². The molecule has 24 heavy (non-hydrogen) atoms. The van der Waals surface area contributed by atoms with Gasteiger partial charge < -0.3 is 10.1 Å². The molecule has 0 amide bonds. The number of nitrogens with zero attached hydrogens (tertiary/aromatic N) is 2. The molecule has 0 aromatic heterocycles. The predicted octanol–water partition coefficient (Wildman–Crippen LogP) is 2.72. The van der Waals surface area contributed by atoms with Crippen LogP contribution in [0.2, 0.25) is 0 Å². The van der Waals surface area contributed by atoms with Gasteiger partial charge in [0.2, 0.25) is 0 Å². The third-order valence-electron chi connectivity index (χ3n) is 5.37. The van der Waals surface area contributed by atoms with Crippen molar-refractivity contribution >= 4 is 5.69 Å². The number of nitrogens with one attached hydrogen (secondary N) is 1. The molecule has 0 bridgehead atoms. The number of morpholine rings is 1. The fourth-order valence-electron chi connectivity index (χ4n) is 4.07. The predicted molar refractivity (Wildman–Crippen MR) is 93.0 cm³/mol. The van der Waals surface area contributed by atoms with E-state index in [2.05, 4.69) is 10.2 Å². The maximum Gasteiger partial charge on any atom is 0.269 e. The molecule has 0 spiro atoms. The minimum atomic E-state index is -0.333. The van der Waals surface area contributed by atoms with Crippen LogP contribution in [-0.2, 0) is 11.3 Å². The van der Waals surface area contributed by atoms with E-state index in [4.69, 9.17) is 4.74 Å². The van der Waals surface area contributed by atoms with Crippen LogP contribution in [0.15, 0.2) is 24.3 Å². The summed E-state index contributed by atoms with van der Waals surface area (Å²) in [5, 5.41) is 14.5. The van der Waals surface area contributed by atoms with Gasteiger partial charge in [0, 0.05) is 43.9 Å². The van der Waals surface area contributed by atoms with Gasteiger partial charge in [-0.1, -0.05) is 31.4 Å². The Labute approximate surface area is 143 Å². The van der Waals surface area contributed by atoms with Crippen molar-refractivity contribution in [3.05, 3.63) is 39.9 Å². The SMILES string of the molecule is O=[N+]([O-])c1cccc(CNCC2(N3CCOCC3)CCCCC2)c1. The lowest BCUT2D eigenvalue weighted by atomic mass is 9.79. The second-order valence-electron chi connectivity index (χ2n) is 6.91. The zero-order valence-corrected chi connectivity index (χ0v) is 14.2. The molecule has 1 aliphatic carbocycles. The summed E-state index contributed by atoms with van der Waals surface area (Å²) in [6.07, 6.45) is 6.37. The van der Waals surface area contributed by atoms with E-state index in [1.165, 1.54) is 32.1 Å². The third-order valence-corrected chi connectivity index (χ3v) is 5.37. The topological polar surface area (TPSA) is 67.6 Å². The minimum absolute atomic E-state index is 0.162. The van der Waals surface area contributed by atoms with Crippen molar-refractivity contribution in [1.82, 2.24) is 10.2 Å². The third kappa shape index (κ3) is 4.12. The quantitative estimate of drug-likeness (QED) is 0.640. The van der Waals surface area contributed by atoms with Gasteiger partial charge in [-0.2, -0.15) is 0 Å². The van der Waals surface area contributed by atoms with E-state index in [9.17, 15) is 10.1 Å². The number of rotatable bonds is 6. The molecular formula is C18H27N3O3. The number of benzene rings is 1. The Morgan fingerprint density at radius 3 is 2.67 bits per heavy atom. The monoisotopic (exact) mass is 333 g/mol. The molecule has 132 valence electrons. The minimum Gasteiger partial charge on any atom is -0.379 e. The summed E-state index contributed by atoms with van der Waals surface area (Å²) in [6.45, 7) is 5.29. The first-order chi connectivity index (χ1) is 11.7. The molecule has 6 heteroatoms. The maximum atomic E-state index is 10.9. The Balaban J connectivity index is 1.61. The van der Waals surface area contributed by atoms with E-state index in [0.29, 0.717) is 6.54 Å². The van der Waals surface area contributed by atoms with Gasteiger partial charge in [-0.25, -0.2) is 0 Å². The Morgan fingerprint density at radius 2 is 1.96 bits per heavy atom. The van der Waals surface area contributed by atoms with E-state index in [1.807, 2.05) is 6.07 Å². The molecule has 0 radical (unpaired) electrons. The number of non-ortho nitro benzene ring substituents is 1. The standard InChI is InChI=1S/C18H27N3O3/c22-21(23)17-6-4-5-16(13-17)14-19-15-18(7-2-1-3-8-18)20-9-11-24-12-10-20/h4-6,13,19H,1-3,7-12,14-15H2. The van der Waals surface area contributed by atoms with E-state index >= 15 is 0 Å². The van der Waals surface area contributed by atoms with E-state index in [0.717, 1.165) is 38.4 Å². The summed E-state index contributed by atoms with van der Waals surface area (Å²) in [7, 11) is 0. The van der Waals surface area contributed by atoms with Gasteiger partial charge in [-0.3, -0.25) is 15.0 Å². The van der Waals surface area contributed by atoms with Crippen molar-refractivity contribution < 1.29 is 9.66 Å². The van der Waals surface area contributed by atoms with Crippen molar-refractivity contribution in [2.75, 3.05) is 32.8 Å². The first kappa shape index (κ1) is 17.3. The van der Waals surface area contributed by atoms with Gasteiger partial charge in [0.25, 0.3) is 5.69 Å². The first-order valence-electron chi connectivity index (χ1n) is 8.96. The fourth-order valence-corrected chi connectivity index (χ4v) is 4.07. The van der Waals surface area contributed by atoms with Gasteiger partial charge in [0.05, 0.1) is 18.1 Å². The molecule has 2 fully saturated rings. The van der Waals surface area contributed by atoms with Crippen LogP contribution in [0, 0.1) is 10.1 Å². The second kappa shape index (κ2) is 8.05. The van der Waals surface area contributed by atoms with Crippen LogP contribution in [-0.4, -0.2) is 48.2 Å². The lowest BCUT2D eigenvalue weighted by Gasteiger charge is -2.48. The molecular weight excluding hydrogens is 306 g/mol. The number of nitro groups is 1. The summed E-state index contributed by atoms with van der Waals surface area (Å²) in [5.74, 6) is 0. The summed E-state index contributed by atoms with van der Waals surface area (Å²) >= 11 is 0. The maximum absolute atomic E-state index is 10.9. The van der Waals surface area contributed by atoms with Gasteiger partial charge in [0.1, 0.15) is 0 Å². The van der Waals surface area contributed by atoms with E-state index in [-0.39, 0.29) is 16.1 Å². The van der Waals surface area contributed by atoms with Crippen LogP contribution in [0.4, 0.5) is 5.69 Å². The van der Waals surface area contributed by atoms with E-state index < -0.39 is 0 Å². The van der Waals surface area contributed by atoms with Crippen molar-refractivity contribution in [3.63, 3.8) is 0 Å². The molecule has 0 unspecified atom stereocenters. The van der Waals surface area contributed by atoms with Crippen LogP contribution >= 0.6 is 0 Å². The van der Waals surface area contributed by atoms with Crippen LogP contribution in [0.3, 0.4) is 0 Å².